The molecule has 1 amide bonds. The number of rotatable bonds is 13. The highest BCUT2D eigenvalue weighted by Crippen LogP contribution is 2.37. The standard InChI is InChI=1S/C33H35ClN4O6S/c1-5-41-27-16-23(15-25(34)31(27)44-18-22-11-9-10-20(3)14-22)17-35-38-28(39)19-43-26-13-8-7-12-24(26)30-29(32(40)42-6-2)21(4)36-33(45)37-30/h7-17,30H,5-6,18-19H2,1-4H3,(H,38,39)(H2,36,37,45)/t30-/m0/s1. The van der Waals surface area contributed by atoms with Crippen molar-refractivity contribution in [3.05, 3.63) is 99.2 Å². The van der Waals surface area contributed by atoms with E-state index in [2.05, 4.69) is 21.2 Å². The van der Waals surface area contributed by atoms with E-state index in [0.717, 1.165) is 11.1 Å². The van der Waals surface area contributed by atoms with Crippen LogP contribution in [0.25, 0.3) is 0 Å². The van der Waals surface area contributed by atoms with Crippen LogP contribution in [0.2, 0.25) is 5.02 Å². The summed E-state index contributed by atoms with van der Waals surface area (Å²) in [5.74, 6) is 0.295. The van der Waals surface area contributed by atoms with E-state index in [1.807, 2.05) is 38.1 Å². The summed E-state index contributed by atoms with van der Waals surface area (Å²) in [5, 5.41) is 10.8. The number of aryl methyl sites for hydroxylation is 1. The number of thiocarbonyl (C=S) groups is 1. The van der Waals surface area contributed by atoms with Crippen molar-refractivity contribution in [1.29, 1.82) is 0 Å². The number of nitrogens with one attached hydrogen (secondary N) is 3. The molecule has 0 saturated carbocycles. The Morgan fingerprint density at radius 3 is 2.56 bits per heavy atom. The zero-order chi connectivity index (χ0) is 32.3. The fraction of sp³-hybridized carbons (Fsp3) is 0.273. The minimum Gasteiger partial charge on any atom is -0.490 e. The first-order valence-corrected chi connectivity index (χ1v) is 15.1. The normalized spacial score (nSPS) is 14.4. The molecule has 0 bridgehead atoms. The van der Waals surface area contributed by atoms with Crippen LogP contribution in [0, 0.1) is 6.92 Å². The number of amides is 1. The molecule has 0 radical (unpaired) electrons. The van der Waals surface area contributed by atoms with Crippen LogP contribution in [-0.4, -0.2) is 43.0 Å². The molecular formula is C33H35ClN4O6S. The molecule has 0 unspecified atom stereocenters. The van der Waals surface area contributed by atoms with Crippen LogP contribution in [0.3, 0.4) is 0 Å². The van der Waals surface area contributed by atoms with Gasteiger partial charge in [-0.25, -0.2) is 10.2 Å². The second-order valence-electron chi connectivity index (χ2n) is 9.95. The first-order valence-electron chi connectivity index (χ1n) is 14.3. The maximum atomic E-state index is 12.8. The summed E-state index contributed by atoms with van der Waals surface area (Å²) in [4.78, 5) is 25.4. The van der Waals surface area contributed by atoms with Crippen LogP contribution in [0.1, 0.15) is 49.1 Å². The molecule has 1 heterocycles. The van der Waals surface area contributed by atoms with Crippen molar-refractivity contribution in [3.63, 3.8) is 0 Å². The number of carbonyl (C=O) groups excluding carboxylic acids is 2. The lowest BCUT2D eigenvalue weighted by Gasteiger charge is -2.30. The minimum absolute atomic E-state index is 0.219. The third kappa shape index (κ3) is 8.96. The van der Waals surface area contributed by atoms with E-state index in [0.29, 0.717) is 63.0 Å². The fourth-order valence-electron chi connectivity index (χ4n) is 4.63. The van der Waals surface area contributed by atoms with Gasteiger partial charge < -0.3 is 29.6 Å². The van der Waals surface area contributed by atoms with Gasteiger partial charge in [-0.2, -0.15) is 5.10 Å². The number of esters is 1. The quantitative estimate of drug-likeness (QED) is 0.0952. The maximum Gasteiger partial charge on any atom is 0.338 e. The number of hydrazone groups is 1. The number of halogens is 1. The van der Waals surface area contributed by atoms with Crippen LogP contribution in [-0.2, 0) is 20.9 Å². The molecule has 0 aliphatic carbocycles. The predicted molar refractivity (Wildman–Crippen MR) is 177 cm³/mol. The largest absolute Gasteiger partial charge is 0.490 e. The summed E-state index contributed by atoms with van der Waals surface area (Å²) in [6, 6.07) is 17.8. The van der Waals surface area contributed by atoms with E-state index in [-0.39, 0.29) is 13.2 Å². The van der Waals surface area contributed by atoms with Crippen molar-refractivity contribution in [2.75, 3.05) is 19.8 Å². The number of carbonyl (C=O) groups is 2. The molecule has 1 aliphatic heterocycles. The number of nitrogens with zero attached hydrogens (tertiary/aromatic N) is 1. The summed E-state index contributed by atoms with van der Waals surface area (Å²) >= 11 is 11.9. The van der Waals surface area contributed by atoms with E-state index in [1.54, 1.807) is 50.2 Å². The van der Waals surface area contributed by atoms with Crippen molar-refractivity contribution in [1.82, 2.24) is 16.1 Å². The smallest absolute Gasteiger partial charge is 0.338 e. The van der Waals surface area contributed by atoms with Crippen LogP contribution < -0.4 is 30.3 Å². The molecule has 1 aliphatic rings. The Morgan fingerprint density at radius 1 is 1.00 bits per heavy atom. The molecule has 236 valence electrons. The van der Waals surface area contributed by atoms with Gasteiger partial charge in [0.05, 0.1) is 36.1 Å². The molecule has 0 saturated heterocycles. The van der Waals surface area contributed by atoms with Crippen molar-refractivity contribution in [3.8, 4) is 17.2 Å². The molecule has 0 fully saturated rings. The van der Waals surface area contributed by atoms with Crippen molar-refractivity contribution < 1.29 is 28.5 Å². The highest BCUT2D eigenvalue weighted by Gasteiger charge is 2.32. The number of hydrogen-bond donors (Lipinski definition) is 3. The van der Waals surface area contributed by atoms with Crippen LogP contribution in [0.15, 0.2) is 77.0 Å². The summed E-state index contributed by atoms with van der Waals surface area (Å²) in [7, 11) is 0. The molecule has 3 aromatic carbocycles. The van der Waals surface area contributed by atoms with Crippen LogP contribution in [0.5, 0.6) is 17.2 Å². The van der Waals surface area contributed by atoms with E-state index in [9.17, 15) is 9.59 Å². The fourth-order valence-corrected chi connectivity index (χ4v) is 5.18. The van der Waals surface area contributed by atoms with Gasteiger partial charge in [-0.05, 0) is 69.2 Å². The Labute approximate surface area is 272 Å². The number of para-hydroxylation sites is 1. The van der Waals surface area contributed by atoms with E-state index < -0.39 is 17.9 Å². The Morgan fingerprint density at radius 2 is 1.80 bits per heavy atom. The van der Waals surface area contributed by atoms with Gasteiger partial charge in [0.1, 0.15) is 12.4 Å². The monoisotopic (exact) mass is 650 g/mol. The Balaban J connectivity index is 1.41. The maximum absolute atomic E-state index is 12.8. The van der Waals surface area contributed by atoms with Crippen molar-refractivity contribution in [2.45, 2.75) is 40.3 Å². The molecule has 1 atom stereocenters. The lowest BCUT2D eigenvalue weighted by molar-refractivity contribution is -0.139. The molecule has 10 nitrogen and oxygen atoms in total. The molecule has 12 heteroatoms. The lowest BCUT2D eigenvalue weighted by Crippen LogP contribution is -2.45. The van der Waals surface area contributed by atoms with Gasteiger partial charge in [0.15, 0.2) is 23.2 Å². The SMILES string of the molecule is CCOC(=O)C1=C(C)NC(=S)N[C@H]1c1ccccc1OCC(=O)NN=Cc1cc(Cl)c(OCc2cccc(C)c2)c(OCC)c1. The van der Waals surface area contributed by atoms with Gasteiger partial charge in [0.25, 0.3) is 5.91 Å². The van der Waals surface area contributed by atoms with Gasteiger partial charge in [-0.15, -0.1) is 0 Å². The Kier molecular flexibility index (Phi) is 11.8. The third-order valence-corrected chi connectivity index (χ3v) is 7.05. The second kappa shape index (κ2) is 15.9. The average molecular weight is 651 g/mol. The van der Waals surface area contributed by atoms with E-state index in [1.165, 1.54) is 6.21 Å². The highest BCUT2D eigenvalue weighted by molar-refractivity contribution is 7.80. The van der Waals surface area contributed by atoms with Crippen molar-refractivity contribution in [2.24, 2.45) is 5.10 Å². The minimum atomic E-state index is -0.636. The van der Waals surface area contributed by atoms with Gasteiger partial charge in [-0.3, -0.25) is 4.79 Å². The average Bonchev–Trinajstić information content (AvgIpc) is 2.99. The van der Waals surface area contributed by atoms with Gasteiger partial charge in [0, 0.05) is 11.3 Å². The number of allylic oxidation sites excluding steroid dienone is 1. The summed E-state index contributed by atoms with van der Waals surface area (Å²) in [6.45, 7) is 7.98. The number of hydrogen-bond acceptors (Lipinski definition) is 8. The van der Waals surface area contributed by atoms with Gasteiger partial charge >= 0.3 is 5.97 Å². The molecule has 3 N–H and O–H groups in total. The molecule has 4 rings (SSSR count). The molecule has 0 aromatic heterocycles. The first kappa shape index (κ1) is 33.3. The topological polar surface area (TPSA) is 120 Å². The molecular weight excluding hydrogens is 616 g/mol. The summed E-state index contributed by atoms with van der Waals surface area (Å²) in [5.41, 5.74) is 6.75. The second-order valence-corrected chi connectivity index (χ2v) is 10.8. The zero-order valence-electron chi connectivity index (χ0n) is 25.4. The van der Waals surface area contributed by atoms with E-state index >= 15 is 0 Å². The number of benzene rings is 3. The van der Waals surface area contributed by atoms with Gasteiger partial charge in [-0.1, -0.05) is 59.6 Å². The first-order chi connectivity index (χ1) is 21.7. The van der Waals surface area contributed by atoms with Crippen LogP contribution >= 0.6 is 23.8 Å². The zero-order valence-corrected chi connectivity index (χ0v) is 27.0. The molecule has 3 aromatic rings. The predicted octanol–water partition coefficient (Wildman–Crippen LogP) is 5.51. The Bertz CT molecular complexity index is 1630. The van der Waals surface area contributed by atoms with Crippen LogP contribution in [0.4, 0.5) is 0 Å². The molecule has 0 spiro atoms. The summed E-state index contributed by atoms with van der Waals surface area (Å²) in [6.07, 6.45) is 1.45. The highest BCUT2D eigenvalue weighted by atomic mass is 35.5. The van der Waals surface area contributed by atoms with Crippen molar-refractivity contribution >= 4 is 47.0 Å². The van der Waals surface area contributed by atoms with Gasteiger partial charge in [0.2, 0.25) is 0 Å². The lowest BCUT2D eigenvalue weighted by atomic mass is 9.95. The van der Waals surface area contributed by atoms with E-state index in [4.69, 9.17) is 42.8 Å². The summed E-state index contributed by atoms with van der Waals surface area (Å²) < 4.78 is 22.9. The Hall–Kier alpha value is -4.61. The third-order valence-electron chi connectivity index (χ3n) is 6.55. The number of ether oxygens (including phenoxy) is 4. The molecule has 45 heavy (non-hydrogen) atoms.